The maximum absolute atomic E-state index is 6.01. The van der Waals surface area contributed by atoms with Crippen molar-refractivity contribution in [2.75, 3.05) is 5.73 Å². The zero-order chi connectivity index (χ0) is 12.7. The largest absolute Gasteiger partial charge is 0.383 e. The van der Waals surface area contributed by atoms with Crippen LogP contribution in [0.3, 0.4) is 0 Å². The number of anilines is 1. The molecule has 0 radical (unpaired) electrons. The number of nitrogen functional groups attached to an aromatic ring is 1. The molecule has 18 heavy (non-hydrogen) atoms. The lowest BCUT2D eigenvalue weighted by Gasteiger charge is -2.08. The Morgan fingerprint density at radius 1 is 1.28 bits per heavy atom. The van der Waals surface area contributed by atoms with E-state index in [9.17, 15) is 0 Å². The molecule has 0 unspecified atom stereocenters. The molecule has 92 valence electrons. The van der Waals surface area contributed by atoms with Crippen LogP contribution in [0.5, 0.6) is 0 Å². The van der Waals surface area contributed by atoms with Crippen molar-refractivity contribution >= 4 is 33.5 Å². The molecule has 0 saturated carbocycles. The maximum atomic E-state index is 6.01. The molecule has 1 aliphatic heterocycles. The second kappa shape index (κ2) is 4.55. The summed E-state index contributed by atoms with van der Waals surface area (Å²) < 4.78 is 1.01. The van der Waals surface area contributed by atoms with Crippen molar-refractivity contribution in [2.24, 2.45) is 0 Å². The number of benzene rings is 1. The van der Waals surface area contributed by atoms with E-state index in [1.54, 1.807) is 0 Å². The van der Waals surface area contributed by atoms with E-state index in [1.807, 2.05) is 17.8 Å². The maximum Gasteiger partial charge on any atom is 0.162 e. The predicted molar refractivity (Wildman–Crippen MR) is 79.3 cm³/mol. The molecule has 0 spiro atoms. The predicted octanol–water partition coefficient (Wildman–Crippen LogP) is 3.54. The minimum Gasteiger partial charge on any atom is -0.383 e. The van der Waals surface area contributed by atoms with Gasteiger partial charge in [-0.05, 0) is 24.6 Å². The minimum absolute atomic E-state index is 0.618. The monoisotopic (exact) mass is 321 g/mol. The van der Waals surface area contributed by atoms with Gasteiger partial charge in [-0.25, -0.2) is 9.97 Å². The smallest absolute Gasteiger partial charge is 0.162 e. The van der Waals surface area contributed by atoms with Gasteiger partial charge in [0.25, 0.3) is 0 Å². The fourth-order valence-electron chi connectivity index (χ4n) is 2.00. The van der Waals surface area contributed by atoms with Gasteiger partial charge < -0.3 is 5.73 Å². The van der Waals surface area contributed by atoms with Crippen molar-refractivity contribution in [3.05, 3.63) is 39.5 Å². The topological polar surface area (TPSA) is 51.8 Å². The summed E-state index contributed by atoms with van der Waals surface area (Å²) in [6, 6.07) is 6.15. The number of nitrogens with two attached hydrogens (primary N) is 1. The van der Waals surface area contributed by atoms with Gasteiger partial charge in [0.05, 0.1) is 5.69 Å². The molecule has 3 rings (SSSR count). The van der Waals surface area contributed by atoms with E-state index in [-0.39, 0.29) is 0 Å². The van der Waals surface area contributed by atoms with Crippen molar-refractivity contribution in [1.29, 1.82) is 0 Å². The van der Waals surface area contributed by atoms with Gasteiger partial charge in [0.15, 0.2) is 5.82 Å². The average molecular weight is 322 g/mol. The first-order valence-electron chi connectivity index (χ1n) is 5.64. The van der Waals surface area contributed by atoms with Crippen LogP contribution in [0.15, 0.2) is 22.7 Å². The van der Waals surface area contributed by atoms with E-state index < -0.39 is 0 Å². The number of halogens is 1. The van der Waals surface area contributed by atoms with Gasteiger partial charge in [0.1, 0.15) is 5.82 Å². The molecule has 0 saturated heterocycles. The Balaban J connectivity index is 2.15. The van der Waals surface area contributed by atoms with Gasteiger partial charge in [0, 0.05) is 27.1 Å². The van der Waals surface area contributed by atoms with Gasteiger partial charge >= 0.3 is 0 Å². The SMILES string of the molecule is Cc1ccc(-c2nc(N)c3c(n2)CSC3)c(Br)c1. The normalized spacial score (nSPS) is 13.7. The Morgan fingerprint density at radius 3 is 2.89 bits per heavy atom. The Labute approximate surface area is 118 Å². The van der Waals surface area contributed by atoms with Gasteiger partial charge in [-0.15, -0.1) is 0 Å². The molecule has 2 N–H and O–H groups in total. The third kappa shape index (κ3) is 2.01. The summed E-state index contributed by atoms with van der Waals surface area (Å²) in [6.07, 6.45) is 0. The fourth-order valence-corrected chi connectivity index (χ4v) is 3.72. The summed E-state index contributed by atoms with van der Waals surface area (Å²) in [6.45, 7) is 2.06. The Morgan fingerprint density at radius 2 is 2.11 bits per heavy atom. The lowest BCUT2D eigenvalue weighted by atomic mass is 10.1. The van der Waals surface area contributed by atoms with E-state index in [2.05, 4.69) is 45.0 Å². The van der Waals surface area contributed by atoms with Crippen LogP contribution in [-0.2, 0) is 11.5 Å². The van der Waals surface area contributed by atoms with Crippen LogP contribution in [-0.4, -0.2) is 9.97 Å². The molecule has 0 fully saturated rings. The second-order valence-electron chi connectivity index (χ2n) is 4.33. The van der Waals surface area contributed by atoms with E-state index in [1.165, 1.54) is 5.56 Å². The number of hydrogen-bond acceptors (Lipinski definition) is 4. The number of aryl methyl sites for hydroxylation is 1. The zero-order valence-electron chi connectivity index (χ0n) is 9.90. The van der Waals surface area contributed by atoms with Crippen LogP contribution < -0.4 is 5.73 Å². The van der Waals surface area contributed by atoms with Crippen LogP contribution in [0.4, 0.5) is 5.82 Å². The summed E-state index contributed by atoms with van der Waals surface area (Å²) >= 11 is 5.40. The van der Waals surface area contributed by atoms with Gasteiger partial charge in [0.2, 0.25) is 0 Å². The quantitative estimate of drug-likeness (QED) is 0.872. The summed E-state index contributed by atoms with van der Waals surface area (Å²) in [5, 5.41) is 0. The molecular formula is C13H12BrN3S. The highest BCUT2D eigenvalue weighted by molar-refractivity contribution is 9.10. The molecule has 2 heterocycles. The highest BCUT2D eigenvalue weighted by Crippen LogP contribution is 2.34. The third-order valence-electron chi connectivity index (χ3n) is 2.98. The number of aromatic nitrogens is 2. The van der Waals surface area contributed by atoms with Gasteiger partial charge in [-0.1, -0.05) is 22.0 Å². The molecule has 1 aromatic heterocycles. The number of rotatable bonds is 1. The van der Waals surface area contributed by atoms with E-state index in [4.69, 9.17) is 5.73 Å². The molecule has 0 amide bonds. The molecule has 5 heteroatoms. The van der Waals surface area contributed by atoms with Gasteiger partial charge in [-0.3, -0.25) is 0 Å². The second-order valence-corrected chi connectivity index (χ2v) is 6.17. The third-order valence-corrected chi connectivity index (χ3v) is 4.60. The molecule has 1 aliphatic rings. The van der Waals surface area contributed by atoms with Crippen LogP contribution in [0.2, 0.25) is 0 Å². The van der Waals surface area contributed by atoms with Crippen LogP contribution >= 0.6 is 27.7 Å². The highest BCUT2D eigenvalue weighted by atomic mass is 79.9. The summed E-state index contributed by atoms with van der Waals surface area (Å²) in [4.78, 5) is 9.06. The van der Waals surface area contributed by atoms with Crippen LogP contribution in [0.25, 0.3) is 11.4 Å². The van der Waals surface area contributed by atoms with Gasteiger partial charge in [-0.2, -0.15) is 11.8 Å². The lowest BCUT2D eigenvalue weighted by Crippen LogP contribution is -2.03. The Bertz CT molecular complexity index is 628. The van der Waals surface area contributed by atoms with Crippen molar-refractivity contribution in [3.63, 3.8) is 0 Å². The van der Waals surface area contributed by atoms with Crippen molar-refractivity contribution in [1.82, 2.24) is 9.97 Å². The van der Waals surface area contributed by atoms with E-state index in [0.29, 0.717) is 11.6 Å². The first kappa shape index (κ1) is 12.0. The van der Waals surface area contributed by atoms with Crippen molar-refractivity contribution < 1.29 is 0 Å². The van der Waals surface area contributed by atoms with Crippen molar-refractivity contribution in [3.8, 4) is 11.4 Å². The van der Waals surface area contributed by atoms with Crippen LogP contribution in [0, 0.1) is 6.92 Å². The summed E-state index contributed by atoms with van der Waals surface area (Å²) in [5.41, 5.74) is 10.4. The lowest BCUT2D eigenvalue weighted by molar-refractivity contribution is 1.08. The molecule has 0 atom stereocenters. The van der Waals surface area contributed by atoms with Crippen LogP contribution in [0.1, 0.15) is 16.8 Å². The standard InChI is InChI=1S/C13H12BrN3S/c1-7-2-3-8(10(14)4-7)13-16-11-6-18-5-9(11)12(15)17-13/h2-4H,5-6H2,1H3,(H2,15,16,17). The van der Waals surface area contributed by atoms with Crippen molar-refractivity contribution in [2.45, 2.75) is 18.4 Å². The first-order chi connectivity index (χ1) is 8.65. The molecule has 0 bridgehead atoms. The van der Waals surface area contributed by atoms with E-state index in [0.717, 1.165) is 32.8 Å². The van der Waals surface area contributed by atoms with E-state index >= 15 is 0 Å². The fraction of sp³-hybridized carbons (Fsp3) is 0.231. The molecule has 1 aromatic carbocycles. The number of nitrogens with zero attached hydrogens (tertiary/aromatic N) is 2. The molecule has 0 aliphatic carbocycles. The highest BCUT2D eigenvalue weighted by Gasteiger charge is 2.19. The summed E-state index contributed by atoms with van der Waals surface area (Å²) in [5.74, 6) is 3.18. The average Bonchev–Trinajstić information content (AvgIpc) is 2.77. The summed E-state index contributed by atoms with van der Waals surface area (Å²) in [7, 11) is 0. The zero-order valence-corrected chi connectivity index (χ0v) is 12.3. The first-order valence-corrected chi connectivity index (χ1v) is 7.59. The molecular weight excluding hydrogens is 310 g/mol. The minimum atomic E-state index is 0.618. The Hall–Kier alpha value is -1.07. The Kier molecular flexibility index (Phi) is 3.03. The number of thioether (sulfide) groups is 1. The molecule has 2 aromatic rings. The molecule has 3 nitrogen and oxygen atoms in total. The number of hydrogen-bond donors (Lipinski definition) is 1. The number of fused-ring (bicyclic) bond motifs is 1.